The number of carbonyl (C=O) groups excluding carboxylic acids is 2. The summed E-state index contributed by atoms with van der Waals surface area (Å²) in [5, 5.41) is 0. The Bertz CT molecular complexity index is 313. The molecule has 1 fully saturated rings. The zero-order chi connectivity index (χ0) is 13.9. The van der Waals surface area contributed by atoms with Crippen LogP contribution in [0.2, 0.25) is 0 Å². The lowest BCUT2D eigenvalue weighted by Gasteiger charge is -2.27. The number of hydrogen-bond donors (Lipinski definition) is 0. The first kappa shape index (κ1) is 15.0. The van der Waals surface area contributed by atoms with Gasteiger partial charge in [-0.05, 0) is 11.8 Å². The summed E-state index contributed by atoms with van der Waals surface area (Å²) in [7, 11) is 0. The molecule has 1 unspecified atom stereocenters. The second kappa shape index (κ2) is 6.21. The minimum absolute atomic E-state index is 0.0293. The zero-order valence-electron chi connectivity index (χ0n) is 12.3. The van der Waals surface area contributed by atoms with E-state index in [1.54, 1.807) is 6.92 Å². The fourth-order valence-corrected chi connectivity index (χ4v) is 2.32. The largest absolute Gasteiger partial charge is 0.341 e. The first-order valence-corrected chi connectivity index (χ1v) is 6.87. The highest BCUT2D eigenvalue weighted by molar-refractivity contribution is 5.78. The highest BCUT2D eigenvalue weighted by Gasteiger charge is 2.29. The van der Waals surface area contributed by atoms with Crippen LogP contribution < -0.4 is 0 Å². The van der Waals surface area contributed by atoms with Crippen molar-refractivity contribution in [2.24, 2.45) is 17.8 Å². The molecule has 4 nitrogen and oxygen atoms in total. The van der Waals surface area contributed by atoms with Gasteiger partial charge in [-0.1, -0.05) is 27.7 Å². The van der Waals surface area contributed by atoms with Crippen molar-refractivity contribution in [3.63, 3.8) is 0 Å². The van der Waals surface area contributed by atoms with Gasteiger partial charge >= 0.3 is 0 Å². The monoisotopic (exact) mass is 254 g/mol. The van der Waals surface area contributed by atoms with Crippen LogP contribution in [0, 0.1) is 17.8 Å². The van der Waals surface area contributed by atoms with Gasteiger partial charge in [0.25, 0.3) is 0 Å². The normalized spacial score (nSPS) is 21.4. The van der Waals surface area contributed by atoms with Gasteiger partial charge in [0, 0.05) is 39.0 Å². The Morgan fingerprint density at radius 1 is 1.00 bits per heavy atom. The van der Waals surface area contributed by atoms with Gasteiger partial charge in [0.15, 0.2) is 0 Å². The number of rotatable bonds is 2. The predicted octanol–water partition coefficient (Wildman–Crippen LogP) is 1.61. The smallest absolute Gasteiger partial charge is 0.225 e. The molecular formula is C14H26N2O2. The lowest BCUT2D eigenvalue weighted by atomic mass is 9.94. The van der Waals surface area contributed by atoms with Gasteiger partial charge in [0.2, 0.25) is 11.8 Å². The Morgan fingerprint density at radius 2 is 1.50 bits per heavy atom. The van der Waals surface area contributed by atoms with Crippen LogP contribution in [0.5, 0.6) is 0 Å². The lowest BCUT2D eigenvalue weighted by molar-refractivity contribution is -0.135. The maximum Gasteiger partial charge on any atom is 0.225 e. The molecule has 0 radical (unpaired) electrons. The van der Waals surface area contributed by atoms with Crippen LogP contribution in [0.15, 0.2) is 0 Å². The molecule has 1 atom stereocenters. The molecule has 1 heterocycles. The van der Waals surface area contributed by atoms with Crippen molar-refractivity contribution < 1.29 is 9.59 Å². The molecule has 0 bridgehead atoms. The van der Waals surface area contributed by atoms with Crippen molar-refractivity contribution in [2.45, 2.75) is 34.6 Å². The van der Waals surface area contributed by atoms with Gasteiger partial charge in [-0.2, -0.15) is 0 Å². The van der Waals surface area contributed by atoms with E-state index in [2.05, 4.69) is 13.8 Å². The molecule has 1 aliphatic heterocycles. The standard InChI is InChI=1S/C14H26N2O2/c1-10(2)13-8-15(12(5)17)6-7-16(9-13)14(18)11(3)4/h10-11,13H,6-9H2,1-5H3. The summed E-state index contributed by atoms with van der Waals surface area (Å²) in [6.07, 6.45) is 0. The molecule has 0 aromatic heterocycles. The van der Waals surface area contributed by atoms with Gasteiger partial charge in [0.05, 0.1) is 0 Å². The molecule has 0 N–H and O–H groups in total. The van der Waals surface area contributed by atoms with Crippen LogP contribution in [-0.2, 0) is 9.59 Å². The third-order valence-corrected chi connectivity index (χ3v) is 3.74. The summed E-state index contributed by atoms with van der Waals surface area (Å²) in [5.41, 5.74) is 0. The Kier molecular flexibility index (Phi) is 5.17. The van der Waals surface area contributed by atoms with Gasteiger partial charge in [-0.15, -0.1) is 0 Å². The van der Waals surface area contributed by atoms with E-state index in [0.717, 1.165) is 13.1 Å². The average Bonchev–Trinajstić information content (AvgIpc) is 2.50. The van der Waals surface area contributed by atoms with Gasteiger partial charge in [0.1, 0.15) is 0 Å². The number of carbonyl (C=O) groups is 2. The van der Waals surface area contributed by atoms with Crippen molar-refractivity contribution >= 4 is 11.8 Å². The van der Waals surface area contributed by atoms with E-state index < -0.39 is 0 Å². The Labute approximate surface area is 110 Å². The van der Waals surface area contributed by atoms with E-state index >= 15 is 0 Å². The van der Waals surface area contributed by atoms with Crippen molar-refractivity contribution in [3.8, 4) is 0 Å². The molecule has 2 amide bonds. The van der Waals surface area contributed by atoms with Crippen molar-refractivity contribution in [1.29, 1.82) is 0 Å². The number of nitrogens with zero attached hydrogens (tertiary/aromatic N) is 2. The topological polar surface area (TPSA) is 40.6 Å². The van der Waals surface area contributed by atoms with E-state index in [1.807, 2.05) is 23.6 Å². The molecule has 1 aliphatic rings. The van der Waals surface area contributed by atoms with E-state index in [1.165, 1.54) is 0 Å². The third kappa shape index (κ3) is 3.72. The summed E-state index contributed by atoms with van der Waals surface area (Å²) < 4.78 is 0. The van der Waals surface area contributed by atoms with Crippen LogP contribution in [0.1, 0.15) is 34.6 Å². The second-order valence-corrected chi connectivity index (χ2v) is 5.91. The molecular weight excluding hydrogens is 228 g/mol. The van der Waals surface area contributed by atoms with E-state index in [0.29, 0.717) is 24.9 Å². The van der Waals surface area contributed by atoms with Crippen molar-refractivity contribution in [2.75, 3.05) is 26.2 Å². The third-order valence-electron chi connectivity index (χ3n) is 3.74. The van der Waals surface area contributed by atoms with Gasteiger partial charge in [-0.3, -0.25) is 9.59 Å². The van der Waals surface area contributed by atoms with Crippen molar-refractivity contribution in [3.05, 3.63) is 0 Å². The fraction of sp³-hybridized carbons (Fsp3) is 0.857. The average molecular weight is 254 g/mol. The van der Waals surface area contributed by atoms with Crippen molar-refractivity contribution in [1.82, 2.24) is 9.80 Å². The maximum absolute atomic E-state index is 12.1. The van der Waals surface area contributed by atoms with E-state index in [-0.39, 0.29) is 17.7 Å². The predicted molar refractivity (Wildman–Crippen MR) is 72.0 cm³/mol. The molecule has 4 heteroatoms. The quantitative estimate of drug-likeness (QED) is 0.751. The number of amides is 2. The molecule has 0 aromatic rings. The molecule has 18 heavy (non-hydrogen) atoms. The zero-order valence-corrected chi connectivity index (χ0v) is 12.3. The summed E-state index contributed by atoms with van der Waals surface area (Å²) in [6.45, 7) is 12.7. The first-order chi connectivity index (χ1) is 8.32. The summed E-state index contributed by atoms with van der Waals surface area (Å²) in [5.74, 6) is 1.19. The van der Waals surface area contributed by atoms with Gasteiger partial charge < -0.3 is 9.80 Å². The Balaban J connectivity index is 2.80. The Morgan fingerprint density at radius 3 is 1.94 bits per heavy atom. The summed E-state index contributed by atoms with van der Waals surface area (Å²) in [4.78, 5) is 27.5. The molecule has 104 valence electrons. The lowest BCUT2D eigenvalue weighted by Crippen LogP contribution is -2.39. The van der Waals surface area contributed by atoms with Crippen LogP contribution >= 0.6 is 0 Å². The molecule has 0 aromatic carbocycles. The van der Waals surface area contributed by atoms with E-state index in [4.69, 9.17) is 0 Å². The van der Waals surface area contributed by atoms with Crippen LogP contribution in [0.3, 0.4) is 0 Å². The first-order valence-electron chi connectivity index (χ1n) is 6.87. The molecule has 1 saturated heterocycles. The van der Waals surface area contributed by atoms with Crippen LogP contribution in [0.25, 0.3) is 0 Å². The summed E-state index contributed by atoms with van der Waals surface area (Å²) >= 11 is 0. The molecule has 0 aliphatic carbocycles. The van der Waals surface area contributed by atoms with Crippen LogP contribution in [-0.4, -0.2) is 47.8 Å². The van der Waals surface area contributed by atoms with E-state index in [9.17, 15) is 9.59 Å². The fourth-order valence-electron chi connectivity index (χ4n) is 2.32. The molecule has 0 saturated carbocycles. The minimum atomic E-state index is 0.0293. The second-order valence-electron chi connectivity index (χ2n) is 5.91. The highest BCUT2D eigenvalue weighted by atomic mass is 16.2. The molecule has 0 spiro atoms. The Hall–Kier alpha value is -1.06. The number of hydrogen-bond acceptors (Lipinski definition) is 2. The maximum atomic E-state index is 12.1. The van der Waals surface area contributed by atoms with Crippen LogP contribution in [0.4, 0.5) is 0 Å². The van der Waals surface area contributed by atoms with Gasteiger partial charge in [-0.25, -0.2) is 0 Å². The molecule has 1 rings (SSSR count). The SMILES string of the molecule is CC(=O)N1CCN(C(=O)C(C)C)CC(C(C)C)C1. The summed E-state index contributed by atoms with van der Waals surface area (Å²) in [6, 6.07) is 0. The minimum Gasteiger partial charge on any atom is -0.341 e. The highest BCUT2D eigenvalue weighted by Crippen LogP contribution is 2.19.